The molecule has 0 aromatic heterocycles. The average Bonchev–Trinajstić information content (AvgIpc) is 3.20. The van der Waals surface area contributed by atoms with Gasteiger partial charge in [-0.25, -0.2) is 13.8 Å². The van der Waals surface area contributed by atoms with Crippen molar-refractivity contribution in [2.75, 3.05) is 19.8 Å². The number of fused-ring (bicyclic) bond motifs is 3. The van der Waals surface area contributed by atoms with Crippen LogP contribution >= 0.6 is 0 Å². The summed E-state index contributed by atoms with van der Waals surface area (Å²) in [6, 6.07) is -2.46. The Morgan fingerprint density at radius 1 is 1.05 bits per heavy atom. The van der Waals surface area contributed by atoms with Crippen molar-refractivity contribution in [3.63, 3.8) is 0 Å². The lowest BCUT2D eigenvalue weighted by atomic mass is 9.91. The van der Waals surface area contributed by atoms with E-state index in [4.69, 9.17) is 5.73 Å². The second kappa shape index (κ2) is 13.3. The van der Waals surface area contributed by atoms with Crippen molar-refractivity contribution < 1.29 is 27.6 Å². The zero-order chi connectivity index (χ0) is 31.6. The number of nitrogens with two attached hydrogens (primary N) is 1. The van der Waals surface area contributed by atoms with E-state index in [1.807, 2.05) is 20.8 Å². The lowest BCUT2D eigenvalue weighted by Gasteiger charge is -2.39. The van der Waals surface area contributed by atoms with Crippen LogP contribution in [0.25, 0.3) is 0 Å². The van der Waals surface area contributed by atoms with Crippen LogP contribution in [0.1, 0.15) is 92.4 Å². The fraction of sp³-hybridized carbons (Fsp3) is 0.862. The van der Waals surface area contributed by atoms with Gasteiger partial charge in [-0.15, -0.1) is 4.41 Å². The molecule has 3 amide bonds. The van der Waals surface area contributed by atoms with Gasteiger partial charge in [-0.3, -0.25) is 24.5 Å². The number of nitrogens with one attached hydrogen (secondary N) is 3. The summed E-state index contributed by atoms with van der Waals surface area (Å²) in [6.45, 7) is 10.4. The number of sulfonamides is 1. The standard InChI is InChI=1S/C29H52N6O6S/c1-28(2,3)27(33-34(6)42(7,40)41)32-20-16-14-12-10-8-9-11-13-15-19(23(36)24(30)37)31-25(38)22-21-18(29(21,4)5)17-35(22)26(20)39/h18-22,27,32-33H,8-17H2,1-7H3,(H2,30,37)(H,31,38)/t18-,19-,20-,21-,22-,27+/m0/s1. The fourth-order valence-electron chi connectivity index (χ4n) is 6.53. The minimum atomic E-state index is -3.54. The Balaban J connectivity index is 1.94. The number of piperidine rings is 1. The molecule has 13 heteroatoms. The Morgan fingerprint density at radius 3 is 2.12 bits per heavy atom. The van der Waals surface area contributed by atoms with Crippen LogP contribution in [0.15, 0.2) is 0 Å². The molecule has 5 N–H and O–H groups in total. The summed E-state index contributed by atoms with van der Waals surface area (Å²) in [7, 11) is -2.11. The van der Waals surface area contributed by atoms with Gasteiger partial charge in [-0.1, -0.05) is 79.6 Å². The van der Waals surface area contributed by atoms with Gasteiger partial charge in [0.15, 0.2) is 0 Å². The molecule has 0 bridgehead atoms. The topological polar surface area (TPSA) is 171 Å². The number of carbonyl (C=O) groups is 4. The number of hydrogen-bond acceptors (Lipinski definition) is 8. The molecule has 0 unspecified atom stereocenters. The molecular weight excluding hydrogens is 560 g/mol. The minimum absolute atomic E-state index is 0.0711. The van der Waals surface area contributed by atoms with Gasteiger partial charge in [0, 0.05) is 13.6 Å². The van der Waals surface area contributed by atoms with E-state index in [9.17, 15) is 27.6 Å². The van der Waals surface area contributed by atoms with E-state index in [1.54, 1.807) is 4.90 Å². The molecule has 3 rings (SSSR count). The van der Waals surface area contributed by atoms with Crippen LogP contribution in [0.3, 0.4) is 0 Å². The van der Waals surface area contributed by atoms with Gasteiger partial charge in [0.2, 0.25) is 27.6 Å². The Kier molecular flexibility index (Phi) is 10.9. The number of hydrogen-bond donors (Lipinski definition) is 4. The van der Waals surface area contributed by atoms with Crippen molar-refractivity contribution in [2.24, 2.45) is 28.4 Å². The van der Waals surface area contributed by atoms with Gasteiger partial charge in [0.05, 0.1) is 24.5 Å². The Morgan fingerprint density at radius 2 is 1.60 bits per heavy atom. The van der Waals surface area contributed by atoms with E-state index < -0.39 is 57.3 Å². The summed E-state index contributed by atoms with van der Waals surface area (Å²) in [4.78, 5) is 54.2. The first-order chi connectivity index (χ1) is 19.4. The molecule has 0 aromatic carbocycles. The third kappa shape index (κ3) is 8.09. The molecule has 42 heavy (non-hydrogen) atoms. The number of nitrogens with zero attached hydrogens (tertiary/aromatic N) is 2. The summed E-state index contributed by atoms with van der Waals surface area (Å²) in [5.41, 5.74) is 7.73. The van der Waals surface area contributed by atoms with Crippen LogP contribution < -0.4 is 21.8 Å². The number of Topliss-reactive ketones (excluding diaryl/α,β-unsaturated/α-hetero) is 1. The highest BCUT2D eigenvalue weighted by Crippen LogP contribution is 2.65. The maximum atomic E-state index is 14.3. The van der Waals surface area contributed by atoms with Crippen LogP contribution in [-0.2, 0) is 29.2 Å². The molecule has 1 aliphatic carbocycles. The summed E-state index contributed by atoms with van der Waals surface area (Å²) >= 11 is 0. The first-order valence-corrected chi connectivity index (χ1v) is 17.1. The molecular formula is C29H52N6O6S. The van der Waals surface area contributed by atoms with Crippen molar-refractivity contribution in [2.45, 2.75) is 117 Å². The quantitative estimate of drug-likeness (QED) is 0.189. The summed E-state index contributed by atoms with van der Waals surface area (Å²) < 4.78 is 25.4. The van der Waals surface area contributed by atoms with Crippen LogP contribution in [0.2, 0.25) is 0 Å². The van der Waals surface area contributed by atoms with Crippen LogP contribution in [0.4, 0.5) is 0 Å². The van der Waals surface area contributed by atoms with Crippen molar-refractivity contribution in [3.05, 3.63) is 0 Å². The monoisotopic (exact) mass is 612 g/mol. The van der Waals surface area contributed by atoms with E-state index in [0.29, 0.717) is 25.8 Å². The van der Waals surface area contributed by atoms with Crippen LogP contribution in [0, 0.1) is 22.7 Å². The Hall–Kier alpha value is -2.09. The van der Waals surface area contributed by atoms with Crippen molar-refractivity contribution in [1.29, 1.82) is 0 Å². The zero-order valence-corrected chi connectivity index (χ0v) is 27.2. The van der Waals surface area contributed by atoms with E-state index in [2.05, 4.69) is 29.9 Å². The second-order valence-electron chi connectivity index (χ2n) is 14.1. The minimum Gasteiger partial charge on any atom is -0.363 e. The molecule has 3 fully saturated rings. The smallest absolute Gasteiger partial charge is 0.287 e. The fourth-order valence-corrected chi connectivity index (χ4v) is 6.83. The lowest BCUT2D eigenvalue weighted by Crippen LogP contribution is -2.63. The number of rotatable bonds is 7. The molecule has 3 aliphatic rings. The molecule has 240 valence electrons. The van der Waals surface area contributed by atoms with Crippen molar-refractivity contribution in [3.8, 4) is 0 Å². The lowest BCUT2D eigenvalue weighted by molar-refractivity contribution is -0.144. The molecule has 2 heterocycles. The molecule has 6 atom stereocenters. The van der Waals surface area contributed by atoms with E-state index in [-0.39, 0.29) is 23.2 Å². The highest BCUT2D eigenvalue weighted by molar-refractivity contribution is 7.88. The first kappa shape index (κ1) is 34.4. The van der Waals surface area contributed by atoms with Crippen LogP contribution in [0.5, 0.6) is 0 Å². The molecule has 0 spiro atoms. The number of primary amides is 1. The second-order valence-corrected chi connectivity index (χ2v) is 16.1. The predicted octanol–water partition coefficient (Wildman–Crippen LogP) is 1.26. The van der Waals surface area contributed by atoms with Crippen molar-refractivity contribution >= 4 is 33.5 Å². The van der Waals surface area contributed by atoms with E-state index in [1.165, 1.54) is 7.05 Å². The molecule has 2 saturated heterocycles. The largest absolute Gasteiger partial charge is 0.363 e. The van der Waals surface area contributed by atoms with Gasteiger partial charge in [0.25, 0.3) is 5.91 Å². The summed E-state index contributed by atoms with van der Waals surface area (Å²) in [6.07, 6.45) is 7.66. The third-order valence-electron chi connectivity index (χ3n) is 9.46. The Labute approximate surface area is 251 Å². The summed E-state index contributed by atoms with van der Waals surface area (Å²) in [5.74, 6) is -2.49. The van der Waals surface area contributed by atoms with Gasteiger partial charge in [0.1, 0.15) is 6.04 Å². The third-order valence-corrected chi connectivity index (χ3v) is 10.6. The first-order valence-electron chi connectivity index (χ1n) is 15.3. The molecule has 0 radical (unpaired) electrons. The maximum Gasteiger partial charge on any atom is 0.287 e. The Bertz CT molecular complexity index is 1140. The highest BCUT2D eigenvalue weighted by Gasteiger charge is 2.69. The van der Waals surface area contributed by atoms with E-state index >= 15 is 0 Å². The van der Waals surface area contributed by atoms with Crippen molar-refractivity contribution in [1.82, 2.24) is 25.4 Å². The SMILES string of the molecule is CN(N[C@@H](N[C@H]1CCCCCCCCC[C@@H](C(=O)C(N)=O)NC(=O)[C@@H]2[C@@H]3[C@H](CN2C1=O)C3(C)C)C(C)(C)C)S(C)(=O)=O. The molecule has 2 aliphatic heterocycles. The zero-order valence-electron chi connectivity index (χ0n) is 26.4. The molecule has 0 aromatic rings. The highest BCUT2D eigenvalue weighted by atomic mass is 32.2. The van der Waals surface area contributed by atoms with Gasteiger partial charge in [-0.05, 0) is 35.5 Å². The van der Waals surface area contributed by atoms with Gasteiger partial charge < -0.3 is 16.0 Å². The summed E-state index contributed by atoms with van der Waals surface area (Å²) in [5, 5.41) is 6.22. The maximum absolute atomic E-state index is 14.3. The van der Waals surface area contributed by atoms with E-state index in [0.717, 1.165) is 49.2 Å². The number of carbonyl (C=O) groups excluding carboxylic acids is 4. The molecule has 1 saturated carbocycles. The number of ketones is 1. The number of amides is 3. The normalized spacial score (nSPS) is 30.3. The number of hydrazine groups is 1. The van der Waals surface area contributed by atoms with Gasteiger partial charge in [-0.2, -0.15) is 0 Å². The van der Waals surface area contributed by atoms with Gasteiger partial charge >= 0.3 is 0 Å². The predicted molar refractivity (Wildman–Crippen MR) is 160 cm³/mol. The average molecular weight is 613 g/mol. The molecule has 12 nitrogen and oxygen atoms in total. The van der Waals surface area contributed by atoms with Crippen LogP contribution in [-0.4, -0.2) is 85.4 Å².